The molecule has 0 bridgehead atoms. The smallest absolute Gasteiger partial charge is 0.126 e. The van der Waals surface area contributed by atoms with Crippen LogP contribution in [0.25, 0.3) is 0 Å². The molecule has 0 unspecified atom stereocenters. The average molecular weight is 343 g/mol. The van der Waals surface area contributed by atoms with Gasteiger partial charge in [-0.15, -0.1) is 0 Å². The third kappa shape index (κ3) is 5.21. The molecule has 26 heavy (non-hydrogen) atoms. The summed E-state index contributed by atoms with van der Waals surface area (Å²) < 4.78 is 0. The summed E-state index contributed by atoms with van der Waals surface area (Å²) in [6.45, 7) is 6.87. The normalized spacial score (nSPS) is 11.3. The van der Waals surface area contributed by atoms with E-state index in [-0.39, 0.29) is 0 Å². The van der Waals surface area contributed by atoms with Gasteiger partial charge in [0, 0.05) is 11.4 Å². The van der Waals surface area contributed by atoms with Crippen LogP contribution in [-0.2, 0) is 0 Å². The number of anilines is 2. The molecule has 0 spiro atoms. The molecule has 0 radical (unpaired) electrons. The molecule has 0 aromatic heterocycles. The molecule has 2 N–H and O–H groups in total. The third-order valence-corrected chi connectivity index (χ3v) is 4.15. The van der Waals surface area contributed by atoms with E-state index in [0.717, 1.165) is 22.9 Å². The van der Waals surface area contributed by atoms with Crippen LogP contribution >= 0.6 is 0 Å². The SMILES string of the molecule is Cc1ccc(N=C(CNc2ccc(C)cc2)Nc2ccc(C)cc2)cc1. The van der Waals surface area contributed by atoms with Gasteiger partial charge in [0.05, 0.1) is 12.2 Å². The van der Waals surface area contributed by atoms with Crippen LogP contribution in [0, 0.1) is 20.8 Å². The van der Waals surface area contributed by atoms with E-state index < -0.39 is 0 Å². The van der Waals surface area contributed by atoms with Crippen LogP contribution in [0.15, 0.2) is 77.8 Å². The van der Waals surface area contributed by atoms with Crippen molar-refractivity contribution in [2.75, 3.05) is 17.2 Å². The van der Waals surface area contributed by atoms with Crippen LogP contribution in [0.2, 0.25) is 0 Å². The van der Waals surface area contributed by atoms with Crippen LogP contribution in [0.3, 0.4) is 0 Å². The number of amidine groups is 1. The highest BCUT2D eigenvalue weighted by atomic mass is 15.0. The van der Waals surface area contributed by atoms with Gasteiger partial charge >= 0.3 is 0 Å². The number of hydrogen-bond acceptors (Lipinski definition) is 2. The molecule has 0 amide bonds. The van der Waals surface area contributed by atoms with Gasteiger partial charge in [0.15, 0.2) is 0 Å². The van der Waals surface area contributed by atoms with E-state index in [1.54, 1.807) is 0 Å². The molecule has 0 saturated carbocycles. The summed E-state index contributed by atoms with van der Waals surface area (Å²) in [6.07, 6.45) is 0. The maximum atomic E-state index is 4.79. The summed E-state index contributed by atoms with van der Waals surface area (Å²) in [7, 11) is 0. The molecule has 0 atom stereocenters. The van der Waals surface area contributed by atoms with Gasteiger partial charge in [-0.25, -0.2) is 4.99 Å². The van der Waals surface area contributed by atoms with Gasteiger partial charge in [0.25, 0.3) is 0 Å². The van der Waals surface area contributed by atoms with E-state index in [1.807, 2.05) is 12.1 Å². The van der Waals surface area contributed by atoms with Crippen molar-refractivity contribution in [3.63, 3.8) is 0 Å². The van der Waals surface area contributed by atoms with Gasteiger partial charge in [-0.3, -0.25) is 0 Å². The van der Waals surface area contributed by atoms with Gasteiger partial charge < -0.3 is 10.6 Å². The summed E-state index contributed by atoms with van der Waals surface area (Å²) in [6, 6.07) is 25.0. The van der Waals surface area contributed by atoms with E-state index in [9.17, 15) is 0 Å². The molecule has 0 heterocycles. The number of benzene rings is 3. The van der Waals surface area contributed by atoms with Gasteiger partial charge in [-0.2, -0.15) is 0 Å². The van der Waals surface area contributed by atoms with Crippen molar-refractivity contribution in [1.29, 1.82) is 0 Å². The molecular formula is C23H25N3. The lowest BCUT2D eigenvalue weighted by Gasteiger charge is -2.13. The van der Waals surface area contributed by atoms with E-state index in [1.165, 1.54) is 16.7 Å². The molecule has 0 saturated heterocycles. The predicted octanol–water partition coefficient (Wildman–Crippen LogP) is 5.87. The highest BCUT2D eigenvalue weighted by Crippen LogP contribution is 2.15. The maximum absolute atomic E-state index is 4.79. The molecule has 0 aliphatic heterocycles. The fourth-order valence-corrected chi connectivity index (χ4v) is 2.55. The van der Waals surface area contributed by atoms with E-state index >= 15 is 0 Å². The molecule has 3 heteroatoms. The molecule has 0 aliphatic rings. The topological polar surface area (TPSA) is 36.4 Å². The number of aryl methyl sites for hydroxylation is 3. The Morgan fingerprint density at radius 1 is 0.654 bits per heavy atom. The van der Waals surface area contributed by atoms with Crippen LogP contribution in [0.5, 0.6) is 0 Å². The highest BCUT2D eigenvalue weighted by Gasteiger charge is 2.02. The Morgan fingerprint density at radius 2 is 1.12 bits per heavy atom. The quantitative estimate of drug-likeness (QED) is 0.449. The highest BCUT2D eigenvalue weighted by molar-refractivity contribution is 5.99. The zero-order valence-electron chi connectivity index (χ0n) is 15.6. The molecule has 3 rings (SSSR count). The number of rotatable bonds is 5. The lowest BCUT2D eigenvalue weighted by molar-refractivity contribution is 1.32. The van der Waals surface area contributed by atoms with Gasteiger partial charge in [0.2, 0.25) is 0 Å². The molecule has 0 aliphatic carbocycles. The second-order valence-electron chi connectivity index (χ2n) is 6.60. The Bertz CT molecular complexity index is 861. The van der Waals surface area contributed by atoms with Gasteiger partial charge in [-0.05, 0) is 57.2 Å². The Labute approximate surface area is 155 Å². The van der Waals surface area contributed by atoms with Crippen molar-refractivity contribution < 1.29 is 0 Å². The van der Waals surface area contributed by atoms with Crippen LogP contribution in [-0.4, -0.2) is 12.4 Å². The molecule has 0 fully saturated rings. The van der Waals surface area contributed by atoms with E-state index in [4.69, 9.17) is 4.99 Å². The molecule has 132 valence electrons. The minimum atomic E-state index is 0.616. The Hall–Kier alpha value is -3.07. The van der Waals surface area contributed by atoms with E-state index in [2.05, 4.69) is 92.1 Å². The van der Waals surface area contributed by atoms with Crippen molar-refractivity contribution >= 4 is 22.9 Å². The lowest BCUT2D eigenvalue weighted by Crippen LogP contribution is -2.22. The lowest BCUT2D eigenvalue weighted by atomic mass is 10.2. The van der Waals surface area contributed by atoms with Crippen LogP contribution < -0.4 is 10.6 Å². The first-order chi connectivity index (χ1) is 12.6. The Morgan fingerprint density at radius 3 is 1.65 bits per heavy atom. The number of aliphatic imine (C=N–C) groups is 1. The van der Waals surface area contributed by atoms with Crippen molar-refractivity contribution in [1.82, 2.24) is 0 Å². The zero-order chi connectivity index (χ0) is 18.4. The Kier molecular flexibility index (Phi) is 5.69. The minimum Gasteiger partial charge on any atom is -0.378 e. The predicted molar refractivity (Wildman–Crippen MR) is 113 cm³/mol. The van der Waals surface area contributed by atoms with Crippen molar-refractivity contribution in [2.45, 2.75) is 20.8 Å². The monoisotopic (exact) mass is 343 g/mol. The first kappa shape index (κ1) is 17.7. The van der Waals surface area contributed by atoms with Gasteiger partial charge in [-0.1, -0.05) is 53.1 Å². The summed E-state index contributed by atoms with van der Waals surface area (Å²) >= 11 is 0. The molecule has 3 aromatic carbocycles. The van der Waals surface area contributed by atoms with E-state index in [0.29, 0.717) is 6.54 Å². The first-order valence-corrected chi connectivity index (χ1v) is 8.87. The minimum absolute atomic E-state index is 0.616. The average Bonchev–Trinajstić information content (AvgIpc) is 2.65. The van der Waals surface area contributed by atoms with Crippen molar-refractivity contribution in [2.24, 2.45) is 4.99 Å². The number of hydrogen-bond donors (Lipinski definition) is 2. The van der Waals surface area contributed by atoms with Crippen LogP contribution in [0.1, 0.15) is 16.7 Å². The second-order valence-corrected chi connectivity index (χ2v) is 6.60. The second kappa shape index (κ2) is 8.34. The Balaban J connectivity index is 1.78. The summed E-state index contributed by atoms with van der Waals surface area (Å²) in [5.74, 6) is 0.873. The molecule has 3 aromatic rings. The fourth-order valence-electron chi connectivity index (χ4n) is 2.55. The third-order valence-electron chi connectivity index (χ3n) is 4.15. The maximum Gasteiger partial charge on any atom is 0.126 e. The number of nitrogens with one attached hydrogen (secondary N) is 2. The fraction of sp³-hybridized carbons (Fsp3) is 0.174. The van der Waals surface area contributed by atoms with Crippen molar-refractivity contribution in [3.8, 4) is 0 Å². The van der Waals surface area contributed by atoms with Gasteiger partial charge in [0.1, 0.15) is 5.84 Å². The zero-order valence-corrected chi connectivity index (χ0v) is 15.6. The summed E-state index contributed by atoms with van der Waals surface area (Å²) in [4.78, 5) is 4.79. The summed E-state index contributed by atoms with van der Waals surface area (Å²) in [5, 5.41) is 6.88. The first-order valence-electron chi connectivity index (χ1n) is 8.87. The molecule has 3 nitrogen and oxygen atoms in total. The largest absolute Gasteiger partial charge is 0.378 e. The molecular weight excluding hydrogens is 318 g/mol. The standard InChI is InChI=1S/C23H25N3/c1-17-4-10-20(11-5-17)24-16-23(25-21-12-6-18(2)7-13-21)26-22-14-8-19(3)9-15-22/h4-15,24H,16H2,1-3H3,(H,25,26). The number of nitrogens with zero attached hydrogens (tertiary/aromatic N) is 1. The summed E-state index contributed by atoms with van der Waals surface area (Å²) in [5.41, 5.74) is 6.78. The van der Waals surface area contributed by atoms with Crippen LogP contribution in [0.4, 0.5) is 17.1 Å². The van der Waals surface area contributed by atoms with Crippen molar-refractivity contribution in [3.05, 3.63) is 89.5 Å².